The number of rotatable bonds is 12. The van der Waals surface area contributed by atoms with Crippen molar-refractivity contribution < 1.29 is 9.47 Å². The van der Waals surface area contributed by atoms with Gasteiger partial charge in [0.1, 0.15) is 11.5 Å². The van der Waals surface area contributed by atoms with Gasteiger partial charge in [0.15, 0.2) is 0 Å². The lowest BCUT2D eigenvalue weighted by atomic mass is 9.97. The SMILES string of the molecule is COc1ccc(N(c2ccc(-c3cccc(-c4ccc(N(c5ccc(OC)cc5)c5ccc6c7c5ccc5cccc(c57)n6-c5ccccc5)cc4)c3)cc2)c2ccc3c4c2ccc2cccc(c24)n3-c2ccccc2)cc1. The molecule has 0 amide bonds. The minimum absolute atomic E-state index is 0.817. The Morgan fingerprint density at radius 2 is 0.654 bits per heavy atom. The highest BCUT2D eigenvalue weighted by atomic mass is 16.5. The lowest BCUT2D eigenvalue weighted by Gasteiger charge is -2.27. The van der Waals surface area contributed by atoms with E-state index in [0.717, 1.165) is 79.3 Å². The summed E-state index contributed by atoms with van der Waals surface area (Å²) in [7, 11) is 3.43. The fourth-order valence-corrected chi connectivity index (χ4v) is 12.2. The van der Waals surface area contributed by atoms with Gasteiger partial charge in [-0.1, -0.05) is 127 Å². The Balaban J connectivity index is 0.791. The third kappa shape index (κ3) is 7.18. The molecular formula is C72H50N4O2. The van der Waals surface area contributed by atoms with Gasteiger partial charge >= 0.3 is 0 Å². The summed E-state index contributed by atoms with van der Waals surface area (Å²) in [5.74, 6) is 1.63. The topological polar surface area (TPSA) is 34.8 Å². The zero-order valence-electron chi connectivity index (χ0n) is 43.0. The molecule has 13 aromatic carbocycles. The van der Waals surface area contributed by atoms with Crippen molar-refractivity contribution >= 4 is 99.3 Å². The highest BCUT2D eigenvalue weighted by Gasteiger charge is 2.25. The van der Waals surface area contributed by atoms with E-state index in [-0.39, 0.29) is 0 Å². The zero-order chi connectivity index (χ0) is 51.8. The van der Waals surface area contributed by atoms with Gasteiger partial charge in [0.05, 0.1) is 47.7 Å². The minimum Gasteiger partial charge on any atom is -0.497 e. The van der Waals surface area contributed by atoms with Gasteiger partial charge in [0, 0.05) is 66.4 Å². The zero-order valence-corrected chi connectivity index (χ0v) is 43.0. The van der Waals surface area contributed by atoms with E-state index in [0.29, 0.717) is 0 Å². The molecule has 15 aromatic rings. The van der Waals surface area contributed by atoms with E-state index < -0.39 is 0 Å². The average molecular weight is 1000 g/mol. The second-order valence-electron chi connectivity index (χ2n) is 20.0. The van der Waals surface area contributed by atoms with Crippen molar-refractivity contribution in [3.63, 3.8) is 0 Å². The first-order valence-electron chi connectivity index (χ1n) is 26.5. The maximum absolute atomic E-state index is 5.64. The van der Waals surface area contributed by atoms with E-state index in [9.17, 15) is 0 Å². The second-order valence-corrected chi connectivity index (χ2v) is 20.0. The number of benzene rings is 13. The molecule has 0 unspecified atom stereocenters. The number of anilines is 6. The van der Waals surface area contributed by atoms with Crippen molar-refractivity contribution in [2.45, 2.75) is 0 Å². The van der Waals surface area contributed by atoms with E-state index in [1.54, 1.807) is 14.2 Å². The van der Waals surface area contributed by atoms with Crippen molar-refractivity contribution in [3.05, 3.63) is 267 Å². The van der Waals surface area contributed by atoms with Gasteiger partial charge in [0.2, 0.25) is 0 Å². The van der Waals surface area contributed by atoms with Gasteiger partial charge in [-0.15, -0.1) is 0 Å². The summed E-state index contributed by atoms with van der Waals surface area (Å²) < 4.78 is 16.1. The molecule has 0 saturated carbocycles. The monoisotopic (exact) mass is 1000 g/mol. The van der Waals surface area contributed by atoms with Crippen molar-refractivity contribution in [3.8, 4) is 45.1 Å². The van der Waals surface area contributed by atoms with Crippen molar-refractivity contribution in [1.82, 2.24) is 9.13 Å². The van der Waals surface area contributed by atoms with Crippen LogP contribution in [-0.2, 0) is 0 Å². The highest BCUT2D eigenvalue weighted by molar-refractivity contribution is 6.28. The molecule has 0 aliphatic carbocycles. The maximum atomic E-state index is 5.64. The number of para-hydroxylation sites is 2. The molecule has 15 rings (SSSR count). The van der Waals surface area contributed by atoms with Crippen LogP contribution in [-0.4, -0.2) is 23.4 Å². The first-order valence-corrected chi connectivity index (χ1v) is 26.5. The van der Waals surface area contributed by atoms with Crippen LogP contribution in [0.1, 0.15) is 0 Å². The van der Waals surface area contributed by atoms with Crippen LogP contribution in [0.2, 0.25) is 0 Å². The summed E-state index contributed by atoms with van der Waals surface area (Å²) in [6, 6.07) is 96.5. The molecule has 78 heavy (non-hydrogen) atoms. The molecule has 0 aliphatic heterocycles. The standard InChI is InChI=1S/C72H50N4O2/c1-77-59-36-32-57(33-37-59)73(63-42-44-67-71-61(63)40-26-49-12-10-20-65(69(49)71)75(67)53-16-5-3-6-17-53)55-28-22-47(23-29-55)51-14-9-15-52(46-51)48-24-30-56(31-25-48)74(58-34-38-60(78-2)39-35-58)64-43-45-68-72-62(64)41-27-50-13-11-21-66(70(50)72)76(68)54-18-7-4-8-19-54/h3-46H,1-2H3. The van der Waals surface area contributed by atoms with Crippen LogP contribution in [0.5, 0.6) is 11.5 Å². The summed E-state index contributed by atoms with van der Waals surface area (Å²) in [6.45, 7) is 0. The molecule has 370 valence electrons. The van der Waals surface area contributed by atoms with Gasteiger partial charge in [-0.3, -0.25) is 0 Å². The lowest BCUT2D eigenvalue weighted by Crippen LogP contribution is -2.10. The van der Waals surface area contributed by atoms with Crippen molar-refractivity contribution in [2.24, 2.45) is 0 Å². The predicted molar refractivity (Wildman–Crippen MR) is 326 cm³/mol. The molecule has 0 fully saturated rings. The van der Waals surface area contributed by atoms with E-state index in [1.807, 2.05) is 24.3 Å². The number of nitrogens with zero attached hydrogens (tertiary/aromatic N) is 4. The first-order chi connectivity index (χ1) is 38.6. The van der Waals surface area contributed by atoms with Gasteiger partial charge in [-0.05, 0) is 173 Å². The highest BCUT2D eigenvalue weighted by Crippen LogP contribution is 2.49. The Hall–Kier alpha value is -10.3. The van der Waals surface area contributed by atoms with Crippen LogP contribution >= 0.6 is 0 Å². The van der Waals surface area contributed by atoms with E-state index in [2.05, 4.69) is 262 Å². The smallest absolute Gasteiger partial charge is 0.119 e. The van der Waals surface area contributed by atoms with Gasteiger partial charge in [0.25, 0.3) is 0 Å². The van der Waals surface area contributed by atoms with Crippen LogP contribution in [0, 0.1) is 0 Å². The number of aromatic nitrogens is 2. The van der Waals surface area contributed by atoms with Gasteiger partial charge < -0.3 is 28.4 Å². The third-order valence-electron chi connectivity index (χ3n) is 15.8. The number of hydrogen-bond acceptors (Lipinski definition) is 4. The second kappa shape index (κ2) is 18.2. The molecule has 0 atom stereocenters. The molecule has 0 N–H and O–H groups in total. The van der Waals surface area contributed by atoms with Crippen LogP contribution in [0.25, 0.3) is 98.8 Å². The summed E-state index contributed by atoms with van der Waals surface area (Å²) in [5.41, 5.74) is 18.1. The summed E-state index contributed by atoms with van der Waals surface area (Å²) in [6.07, 6.45) is 0. The maximum Gasteiger partial charge on any atom is 0.119 e. The quantitative estimate of drug-likeness (QED) is 0.114. The number of methoxy groups -OCH3 is 2. The molecule has 6 heteroatoms. The first kappa shape index (κ1) is 45.1. The Labute approximate surface area is 451 Å². The molecular weight excluding hydrogens is 953 g/mol. The van der Waals surface area contributed by atoms with E-state index in [4.69, 9.17) is 9.47 Å². The predicted octanol–water partition coefficient (Wildman–Crippen LogP) is 19.4. The fraction of sp³-hybridized carbons (Fsp3) is 0.0278. The Kier molecular flexibility index (Phi) is 10.5. The number of hydrogen-bond donors (Lipinski definition) is 0. The molecule has 6 nitrogen and oxygen atoms in total. The molecule has 0 bridgehead atoms. The Morgan fingerprint density at radius 3 is 1.05 bits per heavy atom. The average Bonchev–Trinajstić information content (AvgIpc) is 4.13. The lowest BCUT2D eigenvalue weighted by molar-refractivity contribution is 0.414. The molecule has 0 spiro atoms. The van der Waals surface area contributed by atoms with Crippen LogP contribution < -0.4 is 19.3 Å². The molecule has 2 aromatic heterocycles. The Morgan fingerprint density at radius 1 is 0.282 bits per heavy atom. The van der Waals surface area contributed by atoms with Crippen LogP contribution in [0.3, 0.4) is 0 Å². The van der Waals surface area contributed by atoms with E-state index in [1.165, 1.54) is 65.2 Å². The molecule has 0 radical (unpaired) electrons. The van der Waals surface area contributed by atoms with Crippen LogP contribution in [0.4, 0.5) is 34.1 Å². The van der Waals surface area contributed by atoms with E-state index >= 15 is 0 Å². The number of ether oxygens (including phenoxy) is 2. The summed E-state index contributed by atoms with van der Waals surface area (Å²) >= 11 is 0. The van der Waals surface area contributed by atoms with Gasteiger partial charge in [-0.25, -0.2) is 0 Å². The molecule has 0 saturated heterocycles. The summed E-state index contributed by atoms with van der Waals surface area (Å²) in [4.78, 5) is 4.75. The third-order valence-corrected chi connectivity index (χ3v) is 15.8. The largest absolute Gasteiger partial charge is 0.497 e. The fourth-order valence-electron chi connectivity index (χ4n) is 12.2. The minimum atomic E-state index is 0.817. The van der Waals surface area contributed by atoms with Crippen molar-refractivity contribution in [1.29, 1.82) is 0 Å². The molecule has 0 aliphatic rings. The molecule has 2 heterocycles. The van der Waals surface area contributed by atoms with Crippen LogP contribution in [0.15, 0.2) is 267 Å². The normalized spacial score (nSPS) is 11.7. The van der Waals surface area contributed by atoms with Gasteiger partial charge in [-0.2, -0.15) is 0 Å². The summed E-state index contributed by atoms with van der Waals surface area (Å²) in [5, 5.41) is 9.90. The Bertz CT molecular complexity index is 4360. The van der Waals surface area contributed by atoms with Crippen molar-refractivity contribution in [2.75, 3.05) is 24.0 Å².